The smallest absolute Gasteiger partial charge is 0.252 e. The zero-order chi connectivity index (χ0) is 13.1. The van der Waals surface area contributed by atoms with Gasteiger partial charge in [-0.05, 0) is 41.4 Å². The summed E-state index contributed by atoms with van der Waals surface area (Å²) in [6.07, 6.45) is 0. The summed E-state index contributed by atoms with van der Waals surface area (Å²) >= 11 is 5.00. The van der Waals surface area contributed by atoms with Gasteiger partial charge in [-0.15, -0.1) is 11.3 Å². The van der Waals surface area contributed by atoms with Gasteiger partial charge in [-0.2, -0.15) is 0 Å². The molecule has 2 aromatic rings. The Kier molecular flexibility index (Phi) is 4.14. The molecule has 0 aliphatic carbocycles. The molecular formula is C13H13BrN2OS. The van der Waals surface area contributed by atoms with Crippen LogP contribution in [0.4, 0.5) is 0 Å². The quantitative estimate of drug-likeness (QED) is 0.939. The standard InChI is InChI=1S/C13H13BrN2OS/c1-8-4-3-5-10(12(8)14)13(17)15-6-11-9(2)16-7-18-11/h3-5,7H,6H2,1-2H3,(H,15,17). The molecule has 18 heavy (non-hydrogen) atoms. The molecule has 0 saturated heterocycles. The highest BCUT2D eigenvalue weighted by atomic mass is 79.9. The number of hydrogen-bond acceptors (Lipinski definition) is 3. The lowest BCUT2D eigenvalue weighted by Gasteiger charge is -2.07. The normalized spacial score (nSPS) is 10.4. The van der Waals surface area contributed by atoms with Crippen LogP contribution in [0.15, 0.2) is 28.2 Å². The van der Waals surface area contributed by atoms with Gasteiger partial charge < -0.3 is 5.32 Å². The van der Waals surface area contributed by atoms with E-state index < -0.39 is 0 Å². The van der Waals surface area contributed by atoms with Crippen molar-refractivity contribution in [3.63, 3.8) is 0 Å². The number of carbonyl (C=O) groups excluding carboxylic acids is 1. The number of aromatic nitrogens is 1. The van der Waals surface area contributed by atoms with Gasteiger partial charge in [0.1, 0.15) is 0 Å². The third-order valence-corrected chi connectivity index (χ3v) is 4.68. The van der Waals surface area contributed by atoms with Crippen molar-refractivity contribution in [2.45, 2.75) is 20.4 Å². The molecule has 1 amide bonds. The lowest BCUT2D eigenvalue weighted by atomic mass is 10.1. The van der Waals surface area contributed by atoms with Crippen molar-refractivity contribution < 1.29 is 4.79 Å². The van der Waals surface area contributed by atoms with Crippen molar-refractivity contribution in [1.82, 2.24) is 10.3 Å². The minimum Gasteiger partial charge on any atom is -0.347 e. The molecule has 0 atom stereocenters. The third-order valence-electron chi connectivity index (χ3n) is 2.69. The van der Waals surface area contributed by atoms with Crippen LogP contribution in [0.2, 0.25) is 0 Å². The number of halogens is 1. The van der Waals surface area contributed by atoms with Crippen molar-refractivity contribution in [1.29, 1.82) is 0 Å². The minimum absolute atomic E-state index is 0.0709. The van der Waals surface area contributed by atoms with E-state index in [1.54, 1.807) is 16.8 Å². The molecule has 0 radical (unpaired) electrons. The first-order valence-corrected chi connectivity index (χ1v) is 7.19. The molecule has 3 nitrogen and oxygen atoms in total. The topological polar surface area (TPSA) is 42.0 Å². The number of amides is 1. The first-order chi connectivity index (χ1) is 8.59. The van der Waals surface area contributed by atoms with Gasteiger partial charge in [-0.1, -0.05) is 12.1 Å². The maximum atomic E-state index is 12.1. The van der Waals surface area contributed by atoms with E-state index >= 15 is 0 Å². The Morgan fingerprint density at radius 3 is 2.89 bits per heavy atom. The molecule has 1 aromatic carbocycles. The second-order valence-electron chi connectivity index (χ2n) is 3.98. The highest BCUT2D eigenvalue weighted by Crippen LogP contribution is 2.21. The fourth-order valence-electron chi connectivity index (χ4n) is 1.57. The van der Waals surface area contributed by atoms with Crippen molar-refractivity contribution in [3.05, 3.63) is 49.9 Å². The van der Waals surface area contributed by atoms with E-state index in [0.717, 1.165) is 20.6 Å². The van der Waals surface area contributed by atoms with Gasteiger partial charge in [-0.25, -0.2) is 4.98 Å². The van der Waals surface area contributed by atoms with Gasteiger partial charge in [0.05, 0.1) is 23.3 Å². The lowest BCUT2D eigenvalue weighted by molar-refractivity contribution is 0.0950. The molecule has 0 aliphatic heterocycles. The Morgan fingerprint density at radius 2 is 2.22 bits per heavy atom. The number of carbonyl (C=O) groups is 1. The van der Waals surface area contributed by atoms with Crippen molar-refractivity contribution in [2.75, 3.05) is 0 Å². The van der Waals surface area contributed by atoms with Crippen LogP contribution in [0.5, 0.6) is 0 Å². The molecular weight excluding hydrogens is 312 g/mol. The first-order valence-electron chi connectivity index (χ1n) is 5.52. The molecule has 5 heteroatoms. The van der Waals surface area contributed by atoms with Gasteiger partial charge >= 0.3 is 0 Å². The van der Waals surface area contributed by atoms with Crippen LogP contribution >= 0.6 is 27.3 Å². The molecule has 0 fully saturated rings. The Bertz CT molecular complexity index is 580. The van der Waals surface area contributed by atoms with Crippen molar-refractivity contribution in [2.24, 2.45) is 0 Å². The Balaban J connectivity index is 2.09. The molecule has 0 saturated carbocycles. The van der Waals surface area contributed by atoms with Crippen molar-refractivity contribution >= 4 is 33.2 Å². The van der Waals surface area contributed by atoms with Gasteiger partial charge in [0.2, 0.25) is 0 Å². The summed E-state index contributed by atoms with van der Waals surface area (Å²) in [6, 6.07) is 5.66. The number of rotatable bonds is 3. The zero-order valence-corrected chi connectivity index (χ0v) is 12.6. The number of thiazole rings is 1. The highest BCUT2D eigenvalue weighted by molar-refractivity contribution is 9.10. The minimum atomic E-state index is -0.0709. The second-order valence-corrected chi connectivity index (χ2v) is 5.71. The number of hydrogen-bond donors (Lipinski definition) is 1. The molecule has 0 spiro atoms. The number of nitrogens with one attached hydrogen (secondary N) is 1. The predicted octanol–water partition coefficient (Wildman–Crippen LogP) is 3.45. The van der Waals surface area contributed by atoms with Crippen LogP contribution < -0.4 is 5.32 Å². The van der Waals surface area contributed by atoms with E-state index in [0.29, 0.717) is 12.1 Å². The van der Waals surface area contributed by atoms with Crippen molar-refractivity contribution in [3.8, 4) is 0 Å². The van der Waals surface area contributed by atoms with Crippen LogP contribution in [0.3, 0.4) is 0 Å². The highest BCUT2D eigenvalue weighted by Gasteiger charge is 2.11. The number of aryl methyl sites for hydroxylation is 2. The molecule has 0 unspecified atom stereocenters. The van der Waals surface area contributed by atoms with E-state index in [-0.39, 0.29) is 5.91 Å². The fraction of sp³-hybridized carbons (Fsp3) is 0.231. The molecule has 1 aromatic heterocycles. The number of benzene rings is 1. The van der Waals surface area contributed by atoms with Crippen LogP contribution in [0, 0.1) is 13.8 Å². The van der Waals surface area contributed by atoms with E-state index in [4.69, 9.17) is 0 Å². The first kappa shape index (κ1) is 13.2. The maximum absolute atomic E-state index is 12.1. The Labute approximate surface area is 118 Å². The summed E-state index contributed by atoms with van der Waals surface area (Å²) in [4.78, 5) is 17.3. The number of nitrogens with zero attached hydrogens (tertiary/aromatic N) is 1. The van der Waals surface area contributed by atoms with Crippen LogP contribution in [-0.2, 0) is 6.54 Å². The zero-order valence-electron chi connectivity index (χ0n) is 10.2. The summed E-state index contributed by atoms with van der Waals surface area (Å²) in [6.45, 7) is 4.44. The molecule has 94 valence electrons. The van der Waals surface area contributed by atoms with Gasteiger partial charge in [0.15, 0.2) is 0 Å². The molecule has 1 N–H and O–H groups in total. The van der Waals surface area contributed by atoms with Crippen LogP contribution in [0.1, 0.15) is 26.5 Å². The van der Waals surface area contributed by atoms with E-state index in [1.807, 2.05) is 32.0 Å². The van der Waals surface area contributed by atoms with Gasteiger partial charge in [0.25, 0.3) is 5.91 Å². The SMILES string of the molecule is Cc1cccc(C(=O)NCc2scnc2C)c1Br. The molecule has 1 heterocycles. The maximum Gasteiger partial charge on any atom is 0.252 e. The van der Waals surface area contributed by atoms with Crippen LogP contribution in [0.25, 0.3) is 0 Å². The summed E-state index contributed by atoms with van der Waals surface area (Å²) in [7, 11) is 0. The van der Waals surface area contributed by atoms with E-state index in [1.165, 1.54) is 0 Å². The lowest BCUT2D eigenvalue weighted by Crippen LogP contribution is -2.23. The Morgan fingerprint density at radius 1 is 1.44 bits per heavy atom. The average Bonchev–Trinajstić information content (AvgIpc) is 2.75. The summed E-state index contributed by atoms with van der Waals surface area (Å²) in [5.74, 6) is -0.0709. The molecule has 2 rings (SSSR count). The summed E-state index contributed by atoms with van der Waals surface area (Å²) in [5, 5.41) is 2.91. The predicted molar refractivity (Wildman–Crippen MR) is 76.9 cm³/mol. The molecule has 0 aliphatic rings. The van der Waals surface area contributed by atoms with Gasteiger partial charge in [-0.3, -0.25) is 4.79 Å². The van der Waals surface area contributed by atoms with E-state index in [2.05, 4.69) is 26.2 Å². The second kappa shape index (κ2) is 5.63. The largest absolute Gasteiger partial charge is 0.347 e. The third kappa shape index (κ3) is 2.79. The molecule has 0 bridgehead atoms. The van der Waals surface area contributed by atoms with Gasteiger partial charge in [0, 0.05) is 9.35 Å². The summed E-state index contributed by atoms with van der Waals surface area (Å²) < 4.78 is 0.850. The summed E-state index contributed by atoms with van der Waals surface area (Å²) in [5.41, 5.74) is 4.48. The monoisotopic (exact) mass is 324 g/mol. The fourth-order valence-corrected chi connectivity index (χ4v) is 2.74. The average molecular weight is 325 g/mol. The Hall–Kier alpha value is -1.20. The van der Waals surface area contributed by atoms with Crippen LogP contribution in [-0.4, -0.2) is 10.9 Å². The van der Waals surface area contributed by atoms with E-state index in [9.17, 15) is 4.79 Å².